The lowest BCUT2D eigenvalue weighted by molar-refractivity contribution is -0.385. The summed E-state index contributed by atoms with van der Waals surface area (Å²) in [6.07, 6.45) is 5.50. The molecule has 0 saturated heterocycles. The summed E-state index contributed by atoms with van der Waals surface area (Å²) in [5.41, 5.74) is 1.82. The number of hydrogen-bond donors (Lipinski definition) is 2. The molecule has 1 aliphatic carbocycles. The lowest BCUT2D eigenvalue weighted by atomic mass is 9.99. The molecule has 6 heteroatoms. The van der Waals surface area contributed by atoms with Gasteiger partial charge < -0.3 is 10.6 Å². The summed E-state index contributed by atoms with van der Waals surface area (Å²) < 4.78 is 0. The monoisotopic (exact) mass is 347 g/mol. The van der Waals surface area contributed by atoms with Gasteiger partial charge in [0.1, 0.15) is 0 Å². The van der Waals surface area contributed by atoms with Gasteiger partial charge in [0.25, 0.3) is 5.69 Å². The van der Waals surface area contributed by atoms with E-state index in [-0.39, 0.29) is 22.4 Å². The van der Waals surface area contributed by atoms with E-state index in [0.717, 1.165) is 11.1 Å². The Labute approximate surface area is 149 Å². The lowest BCUT2D eigenvalue weighted by Gasteiger charge is -2.11. The van der Waals surface area contributed by atoms with E-state index in [0.29, 0.717) is 32.0 Å². The Kier molecular flexibility index (Phi) is 7.37. The summed E-state index contributed by atoms with van der Waals surface area (Å²) in [6.45, 7) is 5.69. The minimum atomic E-state index is -0.317. The third kappa shape index (κ3) is 6.12. The summed E-state index contributed by atoms with van der Waals surface area (Å²) in [6, 6.07) is 5.40. The largest absolute Gasteiger partial charge is 0.355 e. The smallest absolute Gasteiger partial charge is 0.273 e. The molecule has 0 atom stereocenters. The van der Waals surface area contributed by atoms with Crippen LogP contribution in [0, 0.1) is 16.0 Å². The van der Waals surface area contributed by atoms with E-state index < -0.39 is 0 Å². The maximum absolute atomic E-state index is 11.8. The van der Waals surface area contributed by atoms with Crippen LogP contribution in [0.25, 0.3) is 0 Å². The van der Waals surface area contributed by atoms with E-state index in [1.807, 2.05) is 26.0 Å². The molecule has 1 aromatic carbocycles. The average Bonchev–Trinajstić information content (AvgIpc) is 3.07. The molecule has 2 N–H and O–H groups in total. The van der Waals surface area contributed by atoms with Crippen molar-refractivity contribution in [2.24, 2.45) is 5.92 Å². The number of nitrogens with zero attached hydrogens (tertiary/aromatic N) is 1. The Morgan fingerprint density at radius 1 is 1.28 bits per heavy atom. The molecule has 1 saturated carbocycles. The van der Waals surface area contributed by atoms with Crippen LogP contribution in [0.3, 0.4) is 0 Å². The van der Waals surface area contributed by atoms with Gasteiger partial charge in [-0.1, -0.05) is 38.8 Å². The van der Waals surface area contributed by atoms with Gasteiger partial charge >= 0.3 is 0 Å². The summed E-state index contributed by atoms with van der Waals surface area (Å²) in [5, 5.41) is 17.4. The Hall–Kier alpha value is -1.95. The van der Waals surface area contributed by atoms with Gasteiger partial charge in [-0.3, -0.25) is 14.9 Å². The van der Waals surface area contributed by atoms with Gasteiger partial charge in [0.15, 0.2) is 0 Å². The van der Waals surface area contributed by atoms with Gasteiger partial charge in [-0.25, -0.2) is 0 Å². The van der Waals surface area contributed by atoms with Gasteiger partial charge in [-0.15, -0.1) is 0 Å². The zero-order valence-corrected chi connectivity index (χ0v) is 15.2. The fraction of sp³-hybridized carbons (Fsp3) is 0.632. The van der Waals surface area contributed by atoms with E-state index in [1.54, 1.807) is 6.07 Å². The second-order valence-electron chi connectivity index (χ2n) is 7.19. The number of nitrogens with one attached hydrogen (secondary N) is 2. The van der Waals surface area contributed by atoms with Crippen molar-refractivity contribution in [3.05, 3.63) is 39.4 Å². The minimum Gasteiger partial charge on any atom is -0.355 e. The number of nitro groups is 1. The Balaban J connectivity index is 1.71. The normalized spacial score (nSPS) is 14.8. The van der Waals surface area contributed by atoms with Crippen molar-refractivity contribution in [2.45, 2.75) is 58.4 Å². The van der Waals surface area contributed by atoms with Crippen LogP contribution in [0.5, 0.6) is 0 Å². The Bertz CT molecular complexity index is 596. The molecule has 2 rings (SSSR count). The van der Waals surface area contributed by atoms with Crippen molar-refractivity contribution < 1.29 is 9.72 Å². The first-order valence-corrected chi connectivity index (χ1v) is 9.22. The molecule has 1 fully saturated rings. The first kappa shape index (κ1) is 19.4. The zero-order chi connectivity index (χ0) is 18.2. The molecule has 138 valence electrons. The Morgan fingerprint density at radius 3 is 2.64 bits per heavy atom. The molecule has 0 heterocycles. The second kappa shape index (κ2) is 9.51. The topological polar surface area (TPSA) is 84.3 Å². The zero-order valence-electron chi connectivity index (χ0n) is 15.2. The number of nitro benzene ring substituents is 1. The standard InChI is InChI=1S/C19H29N3O3/c1-14(2)17-8-7-16(11-18(17)22(24)25)13-20-9-10-21-19(23)12-15-5-3-4-6-15/h7-8,11,14-15,20H,3-6,9-10,12-13H2,1-2H3,(H,21,23). The van der Waals surface area contributed by atoms with Gasteiger partial charge in [0, 0.05) is 37.7 Å². The Morgan fingerprint density at radius 2 is 2.00 bits per heavy atom. The maximum Gasteiger partial charge on any atom is 0.273 e. The molecule has 0 aromatic heterocycles. The van der Waals surface area contributed by atoms with E-state index >= 15 is 0 Å². The van der Waals surface area contributed by atoms with Crippen LogP contribution >= 0.6 is 0 Å². The summed E-state index contributed by atoms with van der Waals surface area (Å²) in [5.74, 6) is 0.816. The van der Waals surface area contributed by atoms with Crippen LogP contribution in [-0.2, 0) is 11.3 Å². The summed E-state index contributed by atoms with van der Waals surface area (Å²) >= 11 is 0. The maximum atomic E-state index is 11.8. The fourth-order valence-corrected chi connectivity index (χ4v) is 3.42. The number of amides is 1. The second-order valence-corrected chi connectivity index (χ2v) is 7.19. The van der Waals surface area contributed by atoms with Crippen LogP contribution < -0.4 is 10.6 Å². The van der Waals surface area contributed by atoms with Crippen LogP contribution in [0.1, 0.15) is 63.0 Å². The predicted molar refractivity (Wildman–Crippen MR) is 98.5 cm³/mol. The molecule has 0 radical (unpaired) electrons. The molecule has 6 nitrogen and oxygen atoms in total. The van der Waals surface area contributed by atoms with Crippen molar-refractivity contribution >= 4 is 11.6 Å². The number of carbonyl (C=O) groups is 1. The van der Waals surface area contributed by atoms with Crippen LogP contribution in [0.15, 0.2) is 18.2 Å². The van der Waals surface area contributed by atoms with Gasteiger partial charge in [0.05, 0.1) is 4.92 Å². The SMILES string of the molecule is CC(C)c1ccc(CNCCNC(=O)CC2CCCC2)cc1[N+](=O)[O-]. The molecule has 0 spiro atoms. The molecule has 0 bridgehead atoms. The van der Waals surface area contributed by atoms with Gasteiger partial charge in [-0.05, 0) is 30.2 Å². The van der Waals surface area contributed by atoms with E-state index in [2.05, 4.69) is 10.6 Å². The lowest BCUT2D eigenvalue weighted by Crippen LogP contribution is -2.32. The van der Waals surface area contributed by atoms with Crippen LogP contribution in [-0.4, -0.2) is 23.9 Å². The third-order valence-electron chi connectivity index (χ3n) is 4.82. The third-order valence-corrected chi connectivity index (χ3v) is 4.82. The first-order valence-electron chi connectivity index (χ1n) is 9.22. The molecule has 25 heavy (non-hydrogen) atoms. The number of hydrogen-bond acceptors (Lipinski definition) is 4. The van der Waals surface area contributed by atoms with Crippen LogP contribution in [0.2, 0.25) is 0 Å². The number of carbonyl (C=O) groups excluding carboxylic acids is 1. The van der Waals surface area contributed by atoms with E-state index in [1.165, 1.54) is 25.7 Å². The quantitative estimate of drug-likeness (QED) is 0.407. The highest BCUT2D eigenvalue weighted by Crippen LogP contribution is 2.28. The minimum absolute atomic E-state index is 0.123. The predicted octanol–water partition coefficient (Wildman–Crippen LogP) is 3.50. The fourth-order valence-electron chi connectivity index (χ4n) is 3.42. The van der Waals surface area contributed by atoms with Gasteiger partial charge in [-0.2, -0.15) is 0 Å². The molecular weight excluding hydrogens is 318 g/mol. The first-order chi connectivity index (χ1) is 12.0. The highest BCUT2D eigenvalue weighted by molar-refractivity contribution is 5.76. The number of benzene rings is 1. The molecular formula is C19H29N3O3. The van der Waals surface area contributed by atoms with Gasteiger partial charge in [0.2, 0.25) is 5.91 Å². The summed E-state index contributed by atoms with van der Waals surface area (Å²) in [7, 11) is 0. The molecule has 0 unspecified atom stereocenters. The van der Waals surface area contributed by atoms with Crippen molar-refractivity contribution in [3.63, 3.8) is 0 Å². The van der Waals surface area contributed by atoms with Crippen molar-refractivity contribution in [1.29, 1.82) is 0 Å². The van der Waals surface area contributed by atoms with E-state index in [9.17, 15) is 14.9 Å². The number of rotatable bonds is 9. The van der Waals surface area contributed by atoms with Crippen LogP contribution in [0.4, 0.5) is 5.69 Å². The molecule has 1 aliphatic rings. The van der Waals surface area contributed by atoms with E-state index in [4.69, 9.17) is 0 Å². The molecule has 1 aromatic rings. The average molecular weight is 347 g/mol. The van der Waals surface area contributed by atoms with Crippen molar-refractivity contribution in [3.8, 4) is 0 Å². The van der Waals surface area contributed by atoms with Crippen molar-refractivity contribution in [1.82, 2.24) is 10.6 Å². The molecule has 1 amide bonds. The van der Waals surface area contributed by atoms with Crippen molar-refractivity contribution in [2.75, 3.05) is 13.1 Å². The highest BCUT2D eigenvalue weighted by Gasteiger charge is 2.18. The summed E-state index contributed by atoms with van der Waals surface area (Å²) in [4.78, 5) is 22.7. The molecule has 0 aliphatic heterocycles. The highest BCUT2D eigenvalue weighted by atomic mass is 16.6.